The Labute approximate surface area is 139 Å². The SMILES string of the molecule is O=[C-]c1ccccc1.[CH]1[CH][CH][CH][CH]1.[CH]1[CH][CH][CH][CH]1.[Cl][Ti+]. The van der Waals surface area contributed by atoms with Crippen LogP contribution in [0.2, 0.25) is 0 Å². The molecule has 2 aliphatic carbocycles. The monoisotopic (exact) mass is 318 g/mol. The van der Waals surface area contributed by atoms with Crippen molar-refractivity contribution in [3.05, 3.63) is 100 Å². The fraction of sp³-hybridized carbons (Fsp3) is 0. The Kier molecular flexibility index (Phi) is 16.9. The van der Waals surface area contributed by atoms with E-state index in [4.69, 9.17) is 0 Å². The fourth-order valence-electron chi connectivity index (χ4n) is 1.15. The number of benzene rings is 1. The summed E-state index contributed by atoms with van der Waals surface area (Å²) in [6.45, 7) is 0. The third-order valence-electron chi connectivity index (χ3n) is 2.00. The molecule has 0 bridgehead atoms. The molecular formula is C17H15ClOTi. The maximum absolute atomic E-state index is 9.88. The summed E-state index contributed by atoms with van der Waals surface area (Å²) >= 11 is 1.47. The van der Waals surface area contributed by atoms with Crippen molar-refractivity contribution in [1.29, 1.82) is 0 Å². The van der Waals surface area contributed by atoms with Crippen molar-refractivity contribution in [3.63, 3.8) is 0 Å². The molecule has 0 aromatic heterocycles. The first-order valence-electron chi connectivity index (χ1n) is 5.89. The summed E-state index contributed by atoms with van der Waals surface area (Å²) in [5.41, 5.74) is 0.604. The Hall–Kier alpha value is -0.106. The van der Waals surface area contributed by atoms with Gasteiger partial charge < -0.3 is 4.79 Å². The maximum atomic E-state index is 9.88. The molecule has 2 saturated carbocycles. The topological polar surface area (TPSA) is 17.1 Å². The fourth-order valence-corrected chi connectivity index (χ4v) is 1.15. The molecule has 1 aromatic rings. The molecule has 3 heteroatoms. The predicted molar refractivity (Wildman–Crippen MR) is 80.1 cm³/mol. The van der Waals surface area contributed by atoms with E-state index in [1.54, 1.807) is 30.6 Å². The van der Waals surface area contributed by atoms with Crippen LogP contribution < -0.4 is 0 Å². The predicted octanol–water partition coefficient (Wildman–Crippen LogP) is 3.87. The Morgan fingerprint density at radius 3 is 1.15 bits per heavy atom. The Morgan fingerprint density at radius 1 is 0.650 bits per heavy atom. The molecule has 10 radical (unpaired) electrons. The van der Waals surface area contributed by atoms with Crippen LogP contribution in [0.4, 0.5) is 0 Å². The molecule has 100 valence electrons. The van der Waals surface area contributed by atoms with Gasteiger partial charge in [0.15, 0.2) is 0 Å². The van der Waals surface area contributed by atoms with Gasteiger partial charge in [0.2, 0.25) is 0 Å². The van der Waals surface area contributed by atoms with E-state index in [0.29, 0.717) is 5.56 Å². The Balaban J connectivity index is 0.000000264. The molecule has 0 unspecified atom stereocenters. The zero-order valence-electron chi connectivity index (χ0n) is 10.9. The minimum atomic E-state index is 0.604. The van der Waals surface area contributed by atoms with Crippen LogP contribution in [0.1, 0.15) is 5.56 Å². The Morgan fingerprint density at radius 2 is 0.950 bits per heavy atom. The summed E-state index contributed by atoms with van der Waals surface area (Å²) in [7, 11) is 4.64. The van der Waals surface area contributed by atoms with E-state index in [2.05, 4.69) is 9.30 Å². The summed E-state index contributed by atoms with van der Waals surface area (Å²) < 4.78 is 0. The van der Waals surface area contributed by atoms with Crippen molar-refractivity contribution < 1.29 is 24.2 Å². The zero-order valence-corrected chi connectivity index (χ0v) is 13.3. The number of halogens is 1. The molecule has 2 fully saturated rings. The average molecular weight is 319 g/mol. The van der Waals surface area contributed by atoms with E-state index in [9.17, 15) is 4.79 Å². The molecule has 20 heavy (non-hydrogen) atoms. The average Bonchev–Trinajstić information content (AvgIpc) is 3.27. The van der Waals surface area contributed by atoms with E-state index in [-0.39, 0.29) is 0 Å². The van der Waals surface area contributed by atoms with Crippen LogP contribution in [0.5, 0.6) is 0 Å². The molecule has 3 rings (SSSR count). The second-order valence-corrected chi connectivity index (χ2v) is 3.39. The second-order valence-electron chi connectivity index (χ2n) is 3.39. The van der Waals surface area contributed by atoms with Crippen LogP contribution in [0, 0.1) is 64.2 Å². The van der Waals surface area contributed by atoms with Gasteiger partial charge in [-0.2, -0.15) is 17.7 Å². The van der Waals surface area contributed by atoms with Crippen LogP contribution in [0.15, 0.2) is 30.3 Å². The van der Waals surface area contributed by atoms with E-state index in [1.165, 1.54) is 19.4 Å². The summed E-state index contributed by atoms with van der Waals surface area (Å²) in [6, 6.07) is 8.90. The van der Waals surface area contributed by atoms with Gasteiger partial charge in [-0.1, -0.05) is 6.07 Å². The quantitative estimate of drug-likeness (QED) is 0.567. The van der Waals surface area contributed by atoms with Gasteiger partial charge in [0.1, 0.15) is 0 Å². The standard InChI is InChI=1S/C7H5O.2C5H5.ClH.Ti/c8-6-7-4-2-1-3-5-7;2*1-2-4-5-3-1;;/h1-5H;2*1-5H;1H;/q-1;;;;+2/p-1. The molecule has 0 saturated heterocycles. The summed E-state index contributed by atoms with van der Waals surface area (Å²) in [4.78, 5) is 9.88. The van der Waals surface area contributed by atoms with E-state index < -0.39 is 0 Å². The summed E-state index contributed by atoms with van der Waals surface area (Å²) in [5.74, 6) is 0. The molecule has 0 spiro atoms. The van der Waals surface area contributed by atoms with Gasteiger partial charge in [-0.3, -0.25) is 0 Å². The van der Waals surface area contributed by atoms with Crippen LogP contribution in [0.25, 0.3) is 0 Å². The van der Waals surface area contributed by atoms with Gasteiger partial charge in [0.25, 0.3) is 0 Å². The number of rotatable bonds is 1. The van der Waals surface area contributed by atoms with Crippen molar-refractivity contribution in [1.82, 2.24) is 0 Å². The third kappa shape index (κ3) is 12.9. The van der Waals surface area contributed by atoms with Crippen molar-refractivity contribution in [2.75, 3.05) is 0 Å². The number of carbonyl (C=O) groups excluding carboxylic acids is 1. The second kappa shape index (κ2) is 16.9. The van der Waals surface area contributed by atoms with Gasteiger partial charge in [-0.25, -0.2) is 0 Å². The minimum absolute atomic E-state index is 0.604. The molecule has 0 heterocycles. The first-order valence-corrected chi connectivity index (χ1v) is 8.04. The van der Waals surface area contributed by atoms with Crippen molar-refractivity contribution in [2.45, 2.75) is 0 Å². The van der Waals surface area contributed by atoms with Gasteiger partial charge in [-0.15, -0.1) is 12.1 Å². The van der Waals surface area contributed by atoms with Gasteiger partial charge in [0.05, 0.1) is 6.29 Å². The van der Waals surface area contributed by atoms with E-state index in [0.717, 1.165) is 0 Å². The van der Waals surface area contributed by atoms with Gasteiger partial charge in [-0.05, 0) is 64.2 Å². The number of hydrogen-bond acceptors (Lipinski definition) is 1. The first-order chi connectivity index (χ1) is 9.93. The van der Waals surface area contributed by atoms with Gasteiger partial charge >= 0.3 is 28.7 Å². The van der Waals surface area contributed by atoms with Crippen LogP contribution in [-0.2, 0) is 24.2 Å². The van der Waals surface area contributed by atoms with Crippen molar-refractivity contribution >= 4 is 15.6 Å². The molecule has 0 N–H and O–H groups in total. The third-order valence-corrected chi connectivity index (χ3v) is 2.00. The normalized spacial score (nSPS) is 15.6. The molecule has 0 amide bonds. The van der Waals surface area contributed by atoms with Crippen LogP contribution in [-0.4, -0.2) is 6.29 Å². The van der Waals surface area contributed by atoms with E-state index >= 15 is 0 Å². The van der Waals surface area contributed by atoms with Gasteiger partial charge in [0, 0.05) is 0 Å². The zero-order chi connectivity index (χ0) is 14.9. The van der Waals surface area contributed by atoms with Crippen LogP contribution in [0.3, 0.4) is 0 Å². The number of hydrogen-bond donors (Lipinski definition) is 0. The molecule has 1 nitrogen and oxygen atoms in total. The molecule has 0 aliphatic heterocycles. The molecule has 1 aromatic carbocycles. The Bertz CT molecular complexity index is 270. The summed E-state index contributed by atoms with van der Waals surface area (Å²) in [6.07, 6.45) is 21.8. The van der Waals surface area contributed by atoms with Crippen LogP contribution >= 0.6 is 9.30 Å². The van der Waals surface area contributed by atoms with Crippen molar-refractivity contribution in [2.24, 2.45) is 0 Å². The molecular weight excluding hydrogens is 304 g/mol. The molecule has 2 aliphatic rings. The first kappa shape index (κ1) is 19.9. The molecule has 0 atom stereocenters. The summed E-state index contributed by atoms with van der Waals surface area (Å²) in [5, 5.41) is 0. The van der Waals surface area contributed by atoms with E-state index in [1.807, 2.05) is 70.3 Å². The van der Waals surface area contributed by atoms with Crippen molar-refractivity contribution in [3.8, 4) is 0 Å².